The Morgan fingerprint density at radius 3 is 2.71 bits per heavy atom. The number of imidazole rings is 1. The van der Waals surface area contributed by atoms with Crippen molar-refractivity contribution in [3.8, 4) is 22.9 Å². The molecule has 3 aromatic rings. The summed E-state index contributed by atoms with van der Waals surface area (Å²) < 4.78 is 27.1. The number of halogens is 2. The molecule has 0 saturated heterocycles. The fourth-order valence-electron chi connectivity index (χ4n) is 2.64. The predicted molar refractivity (Wildman–Crippen MR) is 94.0 cm³/mol. The van der Waals surface area contributed by atoms with Crippen molar-refractivity contribution < 1.29 is 13.9 Å². The molecule has 1 aromatic heterocycles. The molecule has 0 aliphatic heterocycles. The molecular formula is C18H16BrFN2O2. The van der Waals surface area contributed by atoms with E-state index in [2.05, 4.69) is 20.9 Å². The third-order valence-electron chi connectivity index (χ3n) is 3.66. The van der Waals surface area contributed by atoms with E-state index in [1.807, 2.05) is 35.0 Å². The SMILES string of the molecule is COc1cccc(Cn2ccnc2-c2cc(F)cc(Br)c2)c1OC. The number of hydrogen-bond donors (Lipinski definition) is 0. The fraction of sp³-hybridized carbons (Fsp3) is 0.167. The van der Waals surface area contributed by atoms with Crippen molar-refractivity contribution in [3.63, 3.8) is 0 Å². The van der Waals surface area contributed by atoms with Gasteiger partial charge in [-0.05, 0) is 24.3 Å². The van der Waals surface area contributed by atoms with Gasteiger partial charge < -0.3 is 14.0 Å². The van der Waals surface area contributed by atoms with Gasteiger partial charge in [0.2, 0.25) is 0 Å². The Hall–Kier alpha value is -2.34. The van der Waals surface area contributed by atoms with E-state index >= 15 is 0 Å². The van der Waals surface area contributed by atoms with E-state index in [9.17, 15) is 4.39 Å². The van der Waals surface area contributed by atoms with Gasteiger partial charge in [-0.3, -0.25) is 0 Å². The predicted octanol–water partition coefficient (Wildman–Crippen LogP) is 4.52. The molecule has 0 aliphatic rings. The van der Waals surface area contributed by atoms with Gasteiger partial charge in [0.05, 0.1) is 20.8 Å². The molecular weight excluding hydrogens is 375 g/mol. The lowest BCUT2D eigenvalue weighted by Gasteiger charge is -2.14. The average molecular weight is 391 g/mol. The maximum atomic E-state index is 13.7. The molecule has 0 fully saturated rings. The molecule has 6 heteroatoms. The second kappa shape index (κ2) is 7.05. The minimum Gasteiger partial charge on any atom is -0.493 e. The first-order valence-electron chi connectivity index (χ1n) is 7.30. The summed E-state index contributed by atoms with van der Waals surface area (Å²) in [5, 5.41) is 0. The van der Waals surface area contributed by atoms with Crippen molar-refractivity contribution in [1.29, 1.82) is 0 Å². The van der Waals surface area contributed by atoms with Crippen LogP contribution >= 0.6 is 15.9 Å². The van der Waals surface area contributed by atoms with Gasteiger partial charge in [-0.1, -0.05) is 28.1 Å². The first kappa shape index (κ1) is 16.5. The summed E-state index contributed by atoms with van der Waals surface area (Å²) in [5.74, 6) is 1.72. The van der Waals surface area contributed by atoms with Crippen LogP contribution in [0.2, 0.25) is 0 Å². The summed E-state index contributed by atoms with van der Waals surface area (Å²) in [4.78, 5) is 4.37. The van der Waals surface area contributed by atoms with Gasteiger partial charge in [0.1, 0.15) is 11.6 Å². The molecule has 0 radical (unpaired) electrons. The highest BCUT2D eigenvalue weighted by atomic mass is 79.9. The molecule has 1 heterocycles. The second-order valence-corrected chi connectivity index (χ2v) is 6.11. The van der Waals surface area contributed by atoms with Crippen molar-refractivity contribution in [2.45, 2.75) is 6.54 Å². The molecule has 0 amide bonds. The Balaban J connectivity index is 2.00. The number of rotatable bonds is 5. The molecule has 3 rings (SSSR count). The zero-order valence-corrected chi connectivity index (χ0v) is 14.9. The van der Waals surface area contributed by atoms with Crippen LogP contribution in [0.3, 0.4) is 0 Å². The van der Waals surface area contributed by atoms with E-state index in [1.54, 1.807) is 20.4 Å². The maximum Gasteiger partial charge on any atom is 0.165 e. The number of methoxy groups -OCH3 is 2. The topological polar surface area (TPSA) is 36.3 Å². The van der Waals surface area contributed by atoms with Crippen molar-refractivity contribution in [1.82, 2.24) is 9.55 Å². The van der Waals surface area contributed by atoms with Crippen molar-refractivity contribution in [3.05, 3.63) is 64.6 Å². The number of benzene rings is 2. The lowest BCUT2D eigenvalue weighted by molar-refractivity contribution is 0.351. The van der Waals surface area contributed by atoms with Gasteiger partial charge >= 0.3 is 0 Å². The lowest BCUT2D eigenvalue weighted by atomic mass is 10.1. The molecule has 124 valence electrons. The van der Waals surface area contributed by atoms with Gasteiger partial charge in [-0.15, -0.1) is 0 Å². The number of aromatic nitrogens is 2. The first-order valence-corrected chi connectivity index (χ1v) is 8.09. The summed E-state index contributed by atoms with van der Waals surface area (Å²) in [6, 6.07) is 10.4. The Morgan fingerprint density at radius 1 is 1.17 bits per heavy atom. The van der Waals surface area contributed by atoms with Gasteiger partial charge in [-0.2, -0.15) is 0 Å². The van der Waals surface area contributed by atoms with Crippen molar-refractivity contribution in [2.24, 2.45) is 0 Å². The summed E-state index contributed by atoms with van der Waals surface area (Å²) in [6.07, 6.45) is 3.55. The Bertz CT molecular complexity index is 844. The highest BCUT2D eigenvalue weighted by Gasteiger charge is 2.13. The number of ether oxygens (including phenoxy) is 2. The highest BCUT2D eigenvalue weighted by molar-refractivity contribution is 9.10. The zero-order chi connectivity index (χ0) is 17.1. The minimum absolute atomic E-state index is 0.312. The monoisotopic (exact) mass is 390 g/mol. The molecule has 0 aliphatic carbocycles. The van der Waals surface area contributed by atoms with Crippen LogP contribution in [0, 0.1) is 5.82 Å². The van der Waals surface area contributed by atoms with Crippen LogP contribution in [-0.4, -0.2) is 23.8 Å². The Kier molecular flexibility index (Phi) is 4.85. The van der Waals surface area contributed by atoms with E-state index in [1.165, 1.54) is 12.1 Å². The molecule has 0 N–H and O–H groups in total. The standard InChI is InChI=1S/C18H16BrFN2O2/c1-23-16-5-3-4-12(17(16)24-2)11-22-7-6-21-18(22)13-8-14(19)10-15(20)9-13/h3-10H,11H2,1-2H3. The lowest BCUT2D eigenvalue weighted by Crippen LogP contribution is -2.04. The summed E-state index contributed by atoms with van der Waals surface area (Å²) in [5.41, 5.74) is 1.65. The average Bonchev–Trinajstić information content (AvgIpc) is 3.02. The van der Waals surface area contributed by atoms with Gasteiger partial charge in [0, 0.05) is 28.0 Å². The van der Waals surface area contributed by atoms with Crippen LogP contribution in [0.4, 0.5) is 4.39 Å². The van der Waals surface area contributed by atoms with Crippen LogP contribution in [0.1, 0.15) is 5.56 Å². The molecule has 2 aromatic carbocycles. The Labute approximate surface area is 148 Å². The number of nitrogens with zero attached hydrogens (tertiary/aromatic N) is 2. The van der Waals surface area contributed by atoms with Crippen molar-refractivity contribution >= 4 is 15.9 Å². The van der Waals surface area contributed by atoms with E-state index in [-0.39, 0.29) is 5.82 Å². The smallest absolute Gasteiger partial charge is 0.165 e. The summed E-state index contributed by atoms with van der Waals surface area (Å²) >= 11 is 3.32. The van der Waals surface area contributed by atoms with Crippen LogP contribution in [0.5, 0.6) is 11.5 Å². The van der Waals surface area contributed by atoms with Gasteiger partial charge in [-0.25, -0.2) is 9.37 Å². The van der Waals surface area contributed by atoms with E-state index < -0.39 is 0 Å². The van der Waals surface area contributed by atoms with E-state index in [4.69, 9.17) is 9.47 Å². The number of hydrogen-bond acceptors (Lipinski definition) is 3. The van der Waals surface area contributed by atoms with Crippen LogP contribution in [0.25, 0.3) is 11.4 Å². The highest BCUT2D eigenvalue weighted by Crippen LogP contribution is 2.32. The van der Waals surface area contributed by atoms with Crippen LogP contribution in [0.15, 0.2) is 53.3 Å². The van der Waals surface area contributed by atoms with Crippen LogP contribution in [-0.2, 0) is 6.54 Å². The van der Waals surface area contributed by atoms with Crippen LogP contribution < -0.4 is 9.47 Å². The van der Waals surface area contributed by atoms with Gasteiger partial charge in [0.25, 0.3) is 0 Å². The van der Waals surface area contributed by atoms with Gasteiger partial charge in [0.15, 0.2) is 11.5 Å². The fourth-order valence-corrected chi connectivity index (χ4v) is 3.11. The quantitative estimate of drug-likeness (QED) is 0.642. The van der Waals surface area contributed by atoms with Crippen molar-refractivity contribution in [2.75, 3.05) is 14.2 Å². The molecule has 0 atom stereocenters. The summed E-state index contributed by atoms with van der Waals surface area (Å²) in [6.45, 7) is 0.532. The third-order valence-corrected chi connectivity index (χ3v) is 4.12. The molecule has 4 nitrogen and oxygen atoms in total. The minimum atomic E-state index is -0.312. The molecule has 0 saturated carbocycles. The molecule has 0 unspecified atom stereocenters. The number of para-hydroxylation sites is 1. The molecule has 0 bridgehead atoms. The Morgan fingerprint density at radius 2 is 2.00 bits per heavy atom. The van der Waals surface area contributed by atoms with E-state index in [0.29, 0.717) is 33.9 Å². The zero-order valence-electron chi connectivity index (χ0n) is 13.3. The molecule has 24 heavy (non-hydrogen) atoms. The maximum absolute atomic E-state index is 13.7. The largest absolute Gasteiger partial charge is 0.493 e. The summed E-state index contributed by atoms with van der Waals surface area (Å²) in [7, 11) is 3.22. The van der Waals surface area contributed by atoms with E-state index in [0.717, 1.165) is 5.56 Å². The molecule has 0 spiro atoms. The second-order valence-electron chi connectivity index (χ2n) is 5.19. The first-order chi connectivity index (χ1) is 11.6. The third kappa shape index (κ3) is 3.28. The normalized spacial score (nSPS) is 10.7.